The predicted molar refractivity (Wildman–Crippen MR) is 125 cm³/mol. The molecule has 8 nitrogen and oxygen atoms in total. The fourth-order valence-corrected chi connectivity index (χ4v) is 3.28. The summed E-state index contributed by atoms with van der Waals surface area (Å²) in [5.41, 5.74) is 7.15. The van der Waals surface area contributed by atoms with Crippen molar-refractivity contribution in [3.8, 4) is 5.75 Å². The Hall–Kier alpha value is -4.41. The summed E-state index contributed by atoms with van der Waals surface area (Å²) in [4.78, 5) is 34.6. The number of carbonyl (C=O) groups excluding carboxylic acids is 2. The number of aliphatic imine (C=N–C) groups is 1. The van der Waals surface area contributed by atoms with Crippen molar-refractivity contribution in [1.29, 1.82) is 0 Å². The smallest absolute Gasteiger partial charge is 0.406 e. The van der Waals surface area contributed by atoms with Crippen LogP contribution in [-0.4, -0.2) is 41.8 Å². The number of pyridine rings is 1. The van der Waals surface area contributed by atoms with E-state index in [4.69, 9.17) is 5.73 Å². The molecule has 0 aliphatic rings. The summed E-state index contributed by atoms with van der Waals surface area (Å²) in [7, 11) is 1.72. The van der Waals surface area contributed by atoms with Crippen LogP contribution in [0.4, 0.5) is 13.2 Å². The van der Waals surface area contributed by atoms with Crippen molar-refractivity contribution < 1.29 is 27.5 Å². The van der Waals surface area contributed by atoms with Gasteiger partial charge in [0, 0.05) is 19.0 Å². The summed E-state index contributed by atoms with van der Waals surface area (Å²) in [6.07, 6.45) is -4.77. The average molecular weight is 485 g/mol. The van der Waals surface area contributed by atoms with E-state index < -0.39 is 18.2 Å². The van der Waals surface area contributed by atoms with Crippen LogP contribution in [0.1, 0.15) is 33.3 Å². The number of hydrogen-bond acceptors (Lipinski definition) is 6. The number of ether oxygens (including phenoxy) is 1. The summed E-state index contributed by atoms with van der Waals surface area (Å²) < 4.78 is 40.9. The average Bonchev–Trinajstić information content (AvgIpc) is 2.81. The number of benzene rings is 2. The SMILES string of the molecule is C=N/C(NC(=O)c1cc(C(N)=O)nc2ccccc12)=C(/C)N(C)Cc1ccc(OC(F)(F)F)cc1. The van der Waals surface area contributed by atoms with Crippen molar-refractivity contribution in [2.24, 2.45) is 10.7 Å². The first kappa shape index (κ1) is 25.2. The fourth-order valence-electron chi connectivity index (χ4n) is 3.28. The first-order valence-corrected chi connectivity index (χ1v) is 10.2. The summed E-state index contributed by atoms with van der Waals surface area (Å²) in [5.74, 6) is -1.48. The van der Waals surface area contributed by atoms with Gasteiger partial charge in [0.25, 0.3) is 11.8 Å². The molecule has 2 amide bonds. The quantitative estimate of drug-likeness (QED) is 0.469. The molecule has 2 aromatic carbocycles. The van der Waals surface area contributed by atoms with Crippen LogP contribution in [0, 0.1) is 0 Å². The van der Waals surface area contributed by atoms with E-state index in [1.54, 1.807) is 43.1 Å². The van der Waals surface area contributed by atoms with E-state index in [9.17, 15) is 22.8 Å². The lowest BCUT2D eigenvalue weighted by atomic mass is 10.1. The Labute approximate surface area is 198 Å². The van der Waals surface area contributed by atoms with Gasteiger partial charge in [0.05, 0.1) is 16.8 Å². The Morgan fingerprint density at radius 2 is 1.83 bits per heavy atom. The molecule has 0 aliphatic heterocycles. The number of alkyl halides is 3. The molecule has 11 heteroatoms. The van der Waals surface area contributed by atoms with Gasteiger partial charge in [0.2, 0.25) is 0 Å². The van der Waals surface area contributed by atoms with E-state index in [1.807, 2.05) is 0 Å². The molecule has 0 fully saturated rings. The highest BCUT2D eigenvalue weighted by Gasteiger charge is 2.31. The molecule has 0 spiro atoms. The standard InChI is InChI=1S/C24H22F3N5O3/c1-14(32(3)13-15-8-10-16(11-9-15)35-24(25,26)27)22(29-2)31-23(34)18-12-20(21(28)33)30-19-7-5-4-6-17(18)19/h4-12H,2,13H2,1,3H3,(H2,28,33)(H,31,34)/b22-14+. The molecule has 3 N–H and O–H groups in total. The Bertz CT molecular complexity index is 1300. The Morgan fingerprint density at radius 3 is 2.43 bits per heavy atom. The number of rotatable bonds is 8. The number of amides is 2. The van der Waals surface area contributed by atoms with Crippen molar-refractivity contribution in [3.63, 3.8) is 0 Å². The van der Waals surface area contributed by atoms with E-state index in [1.165, 1.54) is 30.3 Å². The maximum Gasteiger partial charge on any atom is 0.573 e. The monoisotopic (exact) mass is 485 g/mol. The van der Waals surface area contributed by atoms with Gasteiger partial charge >= 0.3 is 6.36 Å². The van der Waals surface area contributed by atoms with Gasteiger partial charge in [-0.1, -0.05) is 30.3 Å². The predicted octanol–water partition coefficient (Wildman–Crippen LogP) is 3.98. The van der Waals surface area contributed by atoms with Gasteiger partial charge in [0.15, 0.2) is 5.82 Å². The normalized spacial score (nSPS) is 12.0. The lowest BCUT2D eigenvalue weighted by Gasteiger charge is -2.22. The zero-order valence-corrected chi connectivity index (χ0v) is 18.9. The second-order valence-corrected chi connectivity index (χ2v) is 7.53. The van der Waals surface area contributed by atoms with Crippen molar-refractivity contribution in [2.75, 3.05) is 7.05 Å². The highest BCUT2D eigenvalue weighted by molar-refractivity contribution is 6.09. The minimum absolute atomic E-state index is 0.0577. The summed E-state index contributed by atoms with van der Waals surface area (Å²) >= 11 is 0. The molecule has 0 unspecified atom stereocenters. The number of para-hydroxylation sites is 1. The minimum Gasteiger partial charge on any atom is -0.406 e. The number of nitrogens with two attached hydrogens (primary N) is 1. The molecule has 0 bridgehead atoms. The summed E-state index contributed by atoms with van der Waals surface area (Å²) in [6.45, 7) is 5.52. The van der Waals surface area contributed by atoms with Crippen LogP contribution in [0.2, 0.25) is 0 Å². The van der Waals surface area contributed by atoms with E-state index >= 15 is 0 Å². The maximum absolute atomic E-state index is 13.1. The molecule has 0 aliphatic carbocycles. The lowest BCUT2D eigenvalue weighted by Crippen LogP contribution is -2.27. The van der Waals surface area contributed by atoms with E-state index in [0.29, 0.717) is 28.7 Å². The second-order valence-electron chi connectivity index (χ2n) is 7.53. The van der Waals surface area contributed by atoms with E-state index in [0.717, 1.165) is 0 Å². The molecule has 1 aromatic heterocycles. The van der Waals surface area contributed by atoms with Gasteiger partial charge in [-0.25, -0.2) is 9.98 Å². The van der Waals surface area contributed by atoms with Crippen molar-refractivity contribution in [3.05, 3.63) is 82.9 Å². The van der Waals surface area contributed by atoms with Crippen LogP contribution in [0.3, 0.4) is 0 Å². The number of allylic oxidation sites excluding steroid dienone is 1. The molecule has 0 saturated carbocycles. The van der Waals surface area contributed by atoms with Crippen LogP contribution in [-0.2, 0) is 6.54 Å². The zero-order chi connectivity index (χ0) is 25.8. The van der Waals surface area contributed by atoms with Crippen LogP contribution in [0.5, 0.6) is 5.75 Å². The topological polar surface area (TPSA) is 110 Å². The van der Waals surface area contributed by atoms with Crippen LogP contribution < -0.4 is 15.8 Å². The lowest BCUT2D eigenvalue weighted by molar-refractivity contribution is -0.274. The van der Waals surface area contributed by atoms with Gasteiger partial charge < -0.3 is 20.7 Å². The molecule has 182 valence electrons. The highest BCUT2D eigenvalue weighted by Crippen LogP contribution is 2.24. The number of halogens is 3. The number of primary amides is 1. The number of nitrogens with one attached hydrogen (secondary N) is 1. The molecule has 1 heterocycles. The number of carbonyl (C=O) groups is 2. The number of aromatic nitrogens is 1. The fraction of sp³-hybridized carbons (Fsp3) is 0.167. The second kappa shape index (κ2) is 10.2. The maximum atomic E-state index is 13.1. The molecule has 0 atom stereocenters. The van der Waals surface area contributed by atoms with Crippen LogP contribution in [0.25, 0.3) is 10.9 Å². The minimum atomic E-state index is -4.77. The summed E-state index contributed by atoms with van der Waals surface area (Å²) in [5, 5.41) is 3.21. The van der Waals surface area contributed by atoms with E-state index in [-0.39, 0.29) is 22.8 Å². The first-order chi connectivity index (χ1) is 16.5. The molecule has 3 aromatic rings. The third-order valence-electron chi connectivity index (χ3n) is 5.10. The third kappa shape index (κ3) is 6.34. The Morgan fingerprint density at radius 1 is 1.17 bits per heavy atom. The Balaban J connectivity index is 1.82. The van der Waals surface area contributed by atoms with Gasteiger partial charge in [-0.15, -0.1) is 13.2 Å². The van der Waals surface area contributed by atoms with Gasteiger partial charge in [-0.2, -0.15) is 0 Å². The molecule has 0 radical (unpaired) electrons. The Kier molecular flexibility index (Phi) is 7.38. The van der Waals surface area contributed by atoms with Crippen molar-refractivity contribution in [2.45, 2.75) is 19.8 Å². The van der Waals surface area contributed by atoms with Gasteiger partial charge in [-0.05, 0) is 43.5 Å². The highest BCUT2D eigenvalue weighted by atomic mass is 19.4. The zero-order valence-electron chi connectivity index (χ0n) is 18.9. The third-order valence-corrected chi connectivity index (χ3v) is 5.10. The molecular formula is C24H22F3N5O3. The van der Waals surface area contributed by atoms with Gasteiger partial charge in [0.1, 0.15) is 11.4 Å². The molecule has 3 rings (SSSR count). The molecule has 35 heavy (non-hydrogen) atoms. The van der Waals surface area contributed by atoms with Crippen molar-refractivity contribution in [1.82, 2.24) is 15.2 Å². The van der Waals surface area contributed by atoms with Crippen LogP contribution >= 0.6 is 0 Å². The number of fused-ring (bicyclic) bond motifs is 1. The number of hydrogen-bond donors (Lipinski definition) is 2. The largest absolute Gasteiger partial charge is 0.573 e. The van der Waals surface area contributed by atoms with E-state index in [2.05, 4.69) is 26.7 Å². The summed E-state index contributed by atoms with van der Waals surface area (Å²) in [6, 6.07) is 13.5. The molecule has 0 saturated heterocycles. The van der Waals surface area contributed by atoms with Crippen molar-refractivity contribution >= 4 is 29.4 Å². The van der Waals surface area contributed by atoms with Gasteiger partial charge in [-0.3, -0.25) is 9.59 Å². The number of nitrogens with zero attached hydrogens (tertiary/aromatic N) is 3. The first-order valence-electron chi connectivity index (χ1n) is 10.2. The molecular weight excluding hydrogens is 463 g/mol. The van der Waals surface area contributed by atoms with Crippen LogP contribution in [0.15, 0.2) is 71.1 Å².